The molecule has 1 N–H and O–H groups in total. The smallest absolute Gasteiger partial charge is 0.305 e. The van der Waals surface area contributed by atoms with Crippen molar-refractivity contribution in [2.45, 2.75) is 12.8 Å². The van der Waals surface area contributed by atoms with Crippen LogP contribution in [0.15, 0.2) is 22.7 Å². The van der Waals surface area contributed by atoms with Crippen molar-refractivity contribution >= 4 is 5.69 Å². The van der Waals surface area contributed by atoms with E-state index in [0.29, 0.717) is 12.3 Å². The minimum Gasteiger partial charge on any atom is -0.441 e. The monoisotopic (exact) mass is 297 g/mol. The van der Waals surface area contributed by atoms with Crippen LogP contribution >= 0.6 is 0 Å². The molecule has 1 aromatic carbocycles. The number of aryl methyl sites for hydroxylation is 1. The molecule has 0 fully saturated rings. The molecule has 0 saturated heterocycles. The van der Waals surface area contributed by atoms with Gasteiger partial charge in [-0.05, 0) is 26.1 Å². The Balaban J connectivity index is 2.33. The molecular weight excluding hydrogens is 284 g/mol. The second-order valence-electron chi connectivity index (χ2n) is 4.34. The highest BCUT2D eigenvalue weighted by molar-refractivity contribution is 5.62. The van der Waals surface area contributed by atoms with Crippen LogP contribution in [0.3, 0.4) is 0 Å². The molecule has 2 aromatic rings. The fourth-order valence-corrected chi connectivity index (χ4v) is 1.87. The van der Waals surface area contributed by atoms with Gasteiger partial charge in [0.25, 0.3) is 0 Å². The Hall–Kier alpha value is -2.35. The molecular formula is C13H13F2N3O3. The first-order chi connectivity index (χ1) is 10.0. The number of benzene rings is 1. The van der Waals surface area contributed by atoms with Gasteiger partial charge in [-0.2, -0.15) is 4.39 Å². The zero-order chi connectivity index (χ0) is 15.4. The summed E-state index contributed by atoms with van der Waals surface area (Å²) in [4.78, 5) is 13.7. The van der Waals surface area contributed by atoms with Gasteiger partial charge < -0.3 is 9.73 Å². The van der Waals surface area contributed by atoms with E-state index in [1.807, 2.05) is 0 Å². The van der Waals surface area contributed by atoms with Crippen LogP contribution in [0, 0.1) is 21.7 Å². The summed E-state index contributed by atoms with van der Waals surface area (Å²) in [5.74, 6) is -2.03. The molecule has 0 spiro atoms. The third kappa shape index (κ3) is 3.22. The van der Waals surface area contributed by atoms with Crippen molar-refractivity contribution < 1.29 is 18.1 Å². The van der Waals surface area contributed by atoms with Gasteiger partial charge in [-0.3, -0.25) is 10.1 Å². The van der Waals surface area contributed by atoms with Crippen molar-refractivity contribution in [2.75, 3.05) is 13.6 Å². The molecule has 2 rings (SSSR count). The molecule has 0 saturated carbocycles. The maximum absolute atomic E-state index is 14.0. The van der Waals surface area contributed by atoms with Crippen molar-refractivity contribution in [2.24, 2.45) is 0 Å². The second-order valence-corrected chi connectivity index (χ2v) is 4.34. The Morgan fingerprint density at radius 2 is 2.19 bits per heavy atom. The molecule has 0 radical (unpaired) electrons. The number of oxazole rings is 1. The lowest BCUT2D eigenvalue weighted by Gasteiger charge is -2.02. The number of nitrogens with one attached hydrogen (secondary N) is 1. The number of nitro benzene ring substituents is 1. The molecule has 1 aromatic heterocycles. The van der Waals surface area contributed by atoms with Crippen LogP contribution in [0.5, 0.6) is 0 Å². The Kier molecular flexibility index (Phi) is 4.59. The summed E-state index contributed by atoms with van der Waals surface area (Å²) in [6.07, 6.45) is 2.41. The summed E-state index contributed by atoms with van der Waals surface area (Å²) >= 11 is 0. The van der Waals surface area contributed by atoms with E-state index in [9.17, 15) is 18.9 Å². The molecule has 0 atom stereocenters. The molecule has 0 aliphatic heterocycles. The zero-order valence-electron chi connectivity index (χ0n) is 11.2. The lowest BCUT2D eigenvalue weighted by atomic mass is 10.1. The van der Waals surface area contributed by atoms with Gasteiger partial charge in [-0.25, -0.2) is 9.37 Å². The predicted molar refractivity (Wildman–Crippen MR) is 70.8 cm³/mol. The summed E-state index contributed by atoms with van der Waals surface area (Å²) in [7, 11) is 1.80. The van der Waals surface area contributed by atoms with Crippen molar-refractivity contribution in [1.82, 2.24) is 10.3 Å². The van der Waals surface area contributed by atoms with E-state index in [1.165, 1.54) is 6.20 Å². The van der Waals surface area contributed by atoms with E-state index in [4.69, 9.17) is 4.42 Å². The highest BCUT2D eigenvalue weighted by atomic mass is 19.1. The van der Waals surface area contributed by atoms with Gasteiger partial charge in [0.15, 0.2) is 11.7 Å². The molecule has 112 valence electrons. The summed E-state index contributed by atoms with van der Waals surface area (Å²) in [5.41, 5.74) is -1.38. The maximum Gasteiger partial charge on any atom is 0.305 e. The van der Waals surface area contributed by atoms with Gasteiger partial charge >= 0.3 is 5.69 Å². The largest absolute Gasteiger partial charge is 0.441 e. The molecule has 0 amide bonds. The van der Waals surface area contributed by atoms with E-state index in [0.717, 1.165) is 25.1 Å². The summed E-state index contributed by atoms with van der Waals surface area (Å²) in [6, 6.07) is 1.61. The number of nitro groups is 1. The minimum atomic E-state index is -1.27. The third-order valence-electron chi connectivity index (χ3n) is 2.88. The number of hydrogen-bond donors (Lipinski definition) is 1. The first-order valence-corrected chi connectivity index (χ1v) is 6.26. The van der Waals surface area contributed by atoms with Crippen molar-refractivity contribution in [3.8, 4) is 11.3 Å². The van der Waals surface area contributed by atoms with Crippen LogP contribution in [0.1, 0.15) is 12.3 Å². The molecule has 8 heteroatoms. The molecule has 0 unspecified atom stereocenters. The zero-order valence-corrected chi connectivity index (χ0v) is 11.2. The van der Waals surface area contributed by atoms with Gasteiger partial charge in [0.1, 0.15) is 5.82 Å². The normalized spacial score (nSPS) is 10.8. The molecule has 6 nitrogen and oxygen atoms in total. The van der Waals surface area contributed by atoms with Crippen molar-refractivity contribution in [3.63, 3.8) is 0 Å². The fourth-order valence-electron chi connectivity index (χ4n) is 1.87. The van der Waals surface area contributed by atoms with Crippen LogP contribution in [0.25, 0.3) is 11.3 Å². The Bertz CT molecular complexity index is 658. The molecule has 0 aliphatic rings. The fraction of sp³-hybridized carbons (Fsp3) is 0.308. The first-order valence-electron chi connectivity index (χ1n) is 6.26. The molecule has 1 heterocycles. The van der Waals surface area contributed by atoms with Crippen LogP contribution < -0.4 is 5.32 Å². The second kappa shape index (κ2) is 6.40. The molecule has 0 bridgehead atoms. The third-order valence-corrected chi connectivity index (χ3v) is 2.88. The van der Waals surface area contributed by atoms with E-state index in [1.54, 1.807) is 7.05 Å². The topological polar surface area (TPSA) is 81.2 Å². The summed E-state index contributed by atoms with van der Waals surface area (Å²) in [5, 5.41) is 13.6. The number of aromatic nitrogens is 1. The average molecular weight is 297 g/mol. The van der Waals surface area contributed by atoms with E-state index in [2.05, 4.69) is 10.3 Å². The minimum absolute atomic E-state index is 0.159. The summed E-state index contributed by atoms with van der Waals surface area (Å²) in [6.45, 7) is 0.747. The highest BCUT2D eigenvalue weighted by Crippen LogP contribution is 2.32. The first kappa shape index (κ1) is 15.0. The average Bonchev–Trinajstić information content (AvgIpc) is 2.87. The lowest BCUT2D eigenvalue weighted by Crippen LogP contribution is -2.08. The number of hydrogen-bond acceptors (Lipinski definition) is 5. The van der Waals surface area contributed by atoms with Crippen LogP contribution in [-0.4, -0.2) is 23.5 Å². The standard InChI is InChI=1S/C13H13F2N3O3/c1-16-6-2-3-11-17-7-10(21-11)12-8(14)4-5-9(13(12)15)18(19)20/h4-5,7,16H,2-3,6H2,1H3. The van der Waals surface area contributed by atoms with Crippen LogP contribution in [0.2, 0.25) is 0 Å². The van der Waals surface area contributed by atoms with Crippen LogP contribution in [-0.2, 0) is 6.42 Å². The van der Waals surface area contributed by atoms with Gasteiger partial charge in [0, 0.05) is 12.5 Å². The van der Waals surface area contributed by atoms with E-state index >= 15 is 0 Å². The van der Waals surface area contributed by atoms with Crippen molar-refractivity contribution in [3.05, 3.63) is 46.0 Å². The van der Waals surface area contributed by atoms with Crippen LogP contribution in [0.4, 0.5) is 14.5 Å². The number of nitrogens with zero attached hydrogens (tertiary/aromatic N) is 2. The number of rotatable bonds is 6. The summed E-state index contributed by atoms with van der Waals surface area (Å²) < 4.78 is 33.0. The Morgan fingerprint density at radius 3 is 2.86 bits per heavy atom. The van der Waals surface area contributed by atoms with Crippen molar-refractivity contribution in [1.29, 1.82) is 0 Å². The predicted octanol–water partition coefficient (Wildman–Crippen LogP) is 2.68. The number of halogens is 2. The van der Waals surface area contributed by atoms with Gasteiger partial charge in [-0.1, -0.05) is 0 Å². The quantitative estimate of drug-likeness (QED) is 0.503. The highest BCUT2D eigenvalue weighted by Gasteiger charge is 2.24. The Labute approximate surface area is 118 Å². The molecule has 0 aliphatic carbocycles. The Morgan fingerprint density at radius 1 is 1.43 bits per heavy atom. The maximum atomic E-state index is 14.0. The van der Waals surface area contributed by atoms with E-state index < -0.39 is 27.8 Å². The van der Waals surface area contributed by atoms with Gasteiger partial charge in [-0.15, -0.1) is 0 Å². The SMILES string of the molecule is CNCCCc1ncc(-c2c(F)ccc([N+](=O)[O-])c2F)o1. The van der Waals surface area contributed by atoms with Gasteiger partial charge in [0.2, 0.25) is 5.82 Å². The van der Waals surface area contributed by atoms with Gasteiger partial charge in [0.05, 0.1) is 16.7 Å². The molecule has 21 heavy (non-hydrogen) atoms. The van der Waals surface area contributed by atoms with E-state index in [-0.39, 0.29) is 5.76 Å². The lowest BCUT2D eigenvalue weighted by molar-refractivity contribution is -0.387.